The number of hydrogen-bond acceptors (Lipinski definition) is 5. The fraction of sp³-hybridized carbons (Fsp3) is 0.333. The number of aryl methyl sites for hydroxylation is 1. The number of nitrogens with one attached hydrogen (secondary N) is 2. The number of rotatable bonds is 4. The van der Waals surface area contributed by atoms with Crippen molar-refractivity contribution in [1.29, 1.82) is 0 Å². The lowest BCUT2D eigenvalue weighted by molar-refractivity contribution is 0.0170. The van der Waals surface area contributed by atoms with E-state index in [1.165, 1.54) is 0 Å². The fourth-order valence-corrected chi connectivity index (χ4v) is 3.37. The molecule has 0 bridgehead atoms. The molecular formula is C21H23N3O3. The van der Waals surface area contributed by atoms with Gasteiger partial charge >= 0.3 is 0 Å². The molecule has 4 rings (SSSR count). The molecule has 1 amide bonds. The molecule has 0 aliphatic carbocycles. The molecule has 6 nitrogen and oxygen atoms in total. The second-order valence-corrected chi connectivity index (χ2v) is 7.25. The first-order chi connectivity index (χ1) is 13.0. The van der Waals surface area contributed by atoms with E-state index >= 15 is 0 Å². The number of carbonyl (C=O) groups excluding carboxylic acids is 1. The second-order valence-electron chi connectivity index (χ2n) is 7.25. The highest BCUT2D eigenvalue weighted by molar-refractivity contribution is 5.94. The maximum atomic E-state index is 12.4. The van der Waals surface area contributed by atoms with Gasteiger partial charge in [-0.25, -0.2) is 4.98 Å². The Kier molecular flexibility index (Phi) is 4.68. The van der Waals surface area contributed by atoms with Crippen molar-refractivity contribution >= 4 is 17.0 Å². The summed E-state index contributed by atoms with van der Waals surface area (Å²) >= 11 is 0. The summed E-state index contributed by atoms with van der Waals surface area (Å²) in [4.78, 5) is 16.9. The van der Waals surface area contributed by atoms with Crippen molar-refractivity contribution in [2.24, 2.45) is 0 Å². The van der Waals surface area contributed by atoms with E-state index in [-0.39, 0.29) is 12.5 Å². The molecule has 1 saturated heterocycles. The molecule has 0 spiro atoms. The Hall–Kier alpha value is -2.70. The SMILES string of the molecule is Cc1ccc2oc(-c3ccc(C(=O)NC[C@@]4(O)CCCNC4)cc3)nc2c1. The Morgan fingerprint density at radius 1 is 1.30 bits per heavy atom. The van der Waals surface area contributed by atoms with Crippen LogP contribution in [0.1, 0.15) is 28.8 Å². The Morgan fingerprint density at radius 2 is 2.11 bits per heavy atom. The smallest absolute Gasteiger partial charge is 0.251 e. The van der Waals surface area contributed by atoms with Crippen LogP contribution >= 0.6 is 0 Å². The minimum atomic E-state index is -0.871. The van der Waals surface area contributed by atoms with Gasteiger partial charge in [-0.3, -0.25) is 4.79 Å². The van der Waals surface area contributed by atoms with Crippen molar-refractivity contribution in [3.05, 3.63) is 53.6 Å². The first-order valence-electron chi connectivity index (χ1n) is 9.21. The lowest BCUT2D eigenvalue weighted by Gasteiger charge is -2.32. The number of β-amino-alcohol motifs (C(OH)–C–C–N with tert-alkyl or cyclic N) is 1. The highest BCUT2D eigenvalue weighted by Crippen LogP contribution is 2.25. The molecule has 3 N–H and O–H groups in total. The number of benzene rings is 2. The van der Waals surface area contributed by atoms with Gasteiger partial charge in [0.2, 0.25) is 5.89 Å². The summed E-state index contributed by atoms with van der Waals surface area (Å²) in [6.07, 6.45) is 1.60. The predicted molar refractivity (Wildman–Crippen MR) is 104 cm³/mol. The number of aromatic nitrogens is 1. The van der Waals surface area contributed by atoms with E-state index in [2.05, 4.69) is 15.6 Å². The maximum absolute atomic E-state index is 12.4. The monoisotopic (exact) mass is 365 g/mol. The maximum Gasteiger partial charge on any atom is 0.251 e. The van der Waals surface area contributed by atoms with E-state index in [9.17, 15) is 9.90 Å². The highest BCUT2D eigenvalue weighted by Gasteiger charge is 2.29. The van der Waals surface area contributed by atoms with Gasteiger partial charge in [0.05, 0.1) is 5.60 Å². The van der Waals surface area contributed by atoms with Crippen LogP contribution in [0, 0.1) is 6.92 Å². The molecule has 0 radical (unpaired) electrons. The van der Waals surface area contributed by atoms with Crippen molar-refractivity contribution < 1.29 is 14.3 Å². The van der Waals surface area contributed by atoms with Gasteiger partial charge in [0.1, 0.15) is 5.52 Å². The van der Waals surface area contributed by atoms with E-state index in [4.69, 9.17) is 4.42 Å². The van der Waals surface area contributed by atoms with Gasteiger partial charge in [0, 0.05) is 24.2 Å². The van der Waals surface area contributed by atoms with Crippen molar-refractivity contribution in [2.45, 2.75) is 25.4 Å². The number of nitrogens with zero attached hydrogens (tertiary/aromatic N) is 1. The molecule has 1 aliphatic heterocycles. The topological polar surface area (TPSA) is 87.4 Å². The minimum Gasteiger partial charge on any atom is -0.436 e. The average Bonchev–Trinajstić information content (AvgIpc) is 3.10. The standard InChI is InChI=1S/C21H23N3O3/c1-14-3-8-18-17(11-14)24-20(27-18)16-6-4-15(5-7-16)19(25)23-13-21(26)9-2-10-22-12-21/h3-8,11,22,26H,2,9-10,12-13H2,1H3,(H,23,25)/t21-/m1/s1. The molecular weight excluding hydrogens is 342 g/mol. The molecule has 0 saturated carbocycles. The lowest BCUT2D eigenvalue weighted by Crippen LogP contribution is -2.52. The minimum absolute atomic E-state index is 0.200. The molecule has 1 aliphatic rings. The lowest BCUT2D eigenvalue weighted by atomic mass is 9.94. The van der Waals surface area contributed by atoms with E-state index < -0.39 is 5.60 Å². The first kappa shape index (κ1) is 17.7. The van der Waals surface area contributed by atoms with Crippen molar-refractivity contribution in [3.63, 3.8) is 0 Å². The molecule has 0 unspecified atom stereocenters. The van der Waals surface area contributed by atoms with Gasteiger partial charge in [0.15, 0.2) is 5.58 Å². The van der Waals surface area contributed by atoms with Crippen LogP contribution in [0.4, 0.5) is 0 Å². The molecule has 1 aromatic heterocycles. The highest BCUT2D eigenvalue weighted by atomic mass is 16.3. The number of fused-ring (bicyclic) bond motifs is 1. The van der Waals surface area contributed by atoms with E-state index in [0.717, 1.165) is 35.2 Å². The van der Waals surface area contributed by atoms with Gasteiger partial charge in [0.25, 0.3) is 5.91 Å². The van der Waals surface area contributed by atoms with Crippen LogP contribution in [0.2, 0.25) is 0 Å². The van der Waals surface area contributed by atoms with Crippen LogP contribution < -0.4 is 10.6 Å². The van der Waals surface area contributed by atoms with Crippen LogP contribution in [-0.4, -0.2) is 41.2 Å². The van der Waals surface area contributed by atoms with Crippen LogP contribution in [0.5, 0.6) is 0 Å². The zero-order valence-corrected chi connectivity index (χ0v) is 15.3. The molecule has 2 aromatic carbocycles. The first-order valence-corrected chi connectivity index (χ1v) is 9.21. The largest absolute Gasteiger partial charge is 0.436 e. The van der Waals surface area contributed by atoms with Crippen molar-refractivity contribution in [3.8, 4) is 11.5 Å². The third kappa shape index (κ3) is 3.86. The fourth-order valence-electron chi connectivity index (χ4n) is 3.37. The van der Waals surface area contributed by atoms with Gasteiger partial charge in [-0.15, -0.1) is 0 Å². The van der Waals surface area contributed by atoms with Gasteiger partial charge in [-0.1, -0.05) is 6.07 Å². The summed E-state index contributed by atoms with van der Waals surface area (Å²) in [5.41, 5.74) is 3.18. The van der Waals surface area contributed by atoms with E-state index in [1.807, 2.05) is 37.3 Å². The number of hydrogen-bond donors (Lipinski definition) is 3. The van der Waals surface area contributed by atoms with Crippen molar-refractivity contribution in [2.75, 3.05) is 19.6 Å². The summed E-state index contributed by atoms with van der Waals surface area (Å²) in [6, 6.07) is 13.0. The van der Waals surface area contributed by atoms with Crippen LogP contribution in [-0.2, 0) is 0 Å². The zero-order valence-electron chi connectivity index (χ0n) is 15.3. The van der Waals surface area contributed by atoms with Crippen LogP contribution in [0.25, 0.3) is 22.6 Å². The van der Waals surface area contributed by atoms with Gasteiger partial charge < -0.3 is 20.2 Å². The average molecular weight is 365 g/mol. The van der Waals surface area contributed by atoms with E-state index in [1.54, 1.807) is 12.1 Å². The molecule has 2 heterocycles. The molecule has 27 heavy (non-hydrogen) atoms. The number of oxazole rings is 1. The Bertz CT molecular complexity index is 956. The molecule has 3 aromatic rings. The number of piperidine rings is 1. The summed E-state index contributed by atoms with van der Waals surface area (Å²) in [5, 5.41) is 16.4. The summed E-state index contributed by atoms with van der Waals surface area (Å²) in [7, 11) is 0. The Balaban J connectivity index is 1.45. The summed E-state index contributed by atoms with van der Waals surface area (Å²) in [5.74, 6) is 0.332. The zero-order chi connectivity index (χ0) is 18.9. The van der Waals surface area contributed by atoms with E-state index in [0.29, 0.717) is 24.4 Å². The Morgan fingerprint density at radius 3 is 2.85 bits per heavy atom. The van der Waals surface area contributed by atoms with Gasteiger partial charge in [-0.2, -0.15) is 0 Å². The normalized spacial score (nSPS) is 19.9. The van der Waals surface area contributed by atoms with Gasteiger partial charge in [-0.05, 0) is 68.3 Å². The quantitative estimate of drug-likeness (QED) is 0.662. The molecule has 6 heteroatoms. The number of amides is 1. The molecule has 140 valence electrons. The molecule has 1 fully saturated rings. The number of carbonyl (C=O) groups is 1. The molecule has 1 atom stereocenters. The predicted octanol–water partition coefficient (Wildman–Crippen LogP) is 2.65. The second kappa shape index (κ2) is 7.13. The summed E-state index contributed by atoms with van der Waals surface area (Å²) < 4.78 is 5.80. The van der Waals surface area contributed by atoms with Crippen molar-refractivity contribution in [1.82, 2.24) is 15.6 Å². The Labute approximate surface area is 157 Å². The third-order valence-electron chi connectivity index (χ3n) is 4.96. The van der Waals surface area contributed by atoms with Crippen LogP contribution in [0.15, 0.2) is 46.9 Å². The number of aliphatic hydroxyl groups is 1. The van der Waals surface area contributed by atoms with Crippen LogP contribution in [0.3, 0.4) is 0 Å². The summed E-state index contributed by atoms with van der Waals surface area (Å²) in [6.45, 7) is 3.67. The third-order valence-corrected chi connectivity index (χ3v) is 4.96.